The number of hydrogen-bond acceptors (Lipinski definition) is 8. The van der Waals surface area contributed by atoms with Crippen molar-refractivity contribution >= 4 is 29.2 Å². The Morgan fingerprint density at radius 3 is 2.63 bits per heavy atom. The normalized spacial score (nSPS) is 11.5. The van der Waals surface area contributed by atoms with Crippen LogP contribution in [0.4, 0.5) is 24.7 Å². The fraction of sp³-hybridized carbons (Fsp3) is 0.182. The molecule has 0 unspecified atom stereocenters. The van der Waals surface area contributed by atoms with Crippen molar-refractivity contribution in [3.63, 3.8) is 0 Å². The van der Waals surface area contributed by atoms with Crippen molar-refractivity contribution in [3.05, 3.63) is 54.1 Å². The molecule has 4 aromatic rings. The van der Waals surface area contributed by atoms with Crippen LogP contribution in [0.2, 0.25) is 0 Å². The monoisotopic (exact) mass is 504 g/mol. The predicted molar refractivity (Wildman–Crippen MR) is 124 cm³/mol. The Bertz CT molecular complexity index is 1350. The van der Waals surface area contributed by atoms with Gasteiger partial charge in [0.05, 0.1) is 12.7 Å². The summed E-state index contributed by atoms with van der Waals surface area (Å²) in [5.74, 6) is 0.600. The van der Waals surface area contributed by atoms with E-state index in [1.807, 2.05) is 0 Å². The first kappa shape index (κ1) is 24.1. The number of halogens is 3. The molecule has 13 heteroatoms. The molecule has 35 heavy (non-hydrogen) atoms. The van der Waals surface area contributed by atoms with E-state index in [2.05, 4.69) is 20.6 Å². The van der Waals surface area contributed by atoms with Crippen LogP contribution >= 0.6 is 11.8 Å². The van der Waals surface area contributed by atoms with Crippen molar-refractivity contribution in [1.82, 2.24) is 19.9 Å². The molecule has 0 aliphatic carbocycles. The molecule has 9 nitrogen and oxygen atoms in total. The third-order valence-electron chi connectivity index (χ3n) is 4.91. The van der Waals surface area contributed by atoms with E-state index in [1.165, 1.54) is 28.6 Å². The van der Waals surface area contributed by atoms with Crippen LogP contribution in [0.1, 0.15) is 5.56 Å². The highest BCUT2D eigenvalue weighted by Gasteiger charge is 2.30. The van der Waals surface area contributed by atoms with Gasteiger partial charge >= 0.3 is 6.18 Å². The Kier molecular flexibility index (Phi) is 6.69. The van der Waals surface area contributed by atoms with Crippen LogP contribution < -0.4 is 15.8 Å². The highest BCUT2D eigenvalue weighted by Crippen LogP contribution is 2.35. The molecule has 0 aliphatic heterocycles. The lowest BCUT2D eigenvalue weighted by atomic mass is 10.2. The number of methoxy groups -OCH3 is 1. The summed E-state index contributed by atoms with van der Waals surface area (Å²) < 4.78 is 50.5. The average Bonchev–Trinajstić information content (AvgIpc) is 3.43. The van der Waals surface area contributed by atoms with E-state index in [-0.39, 0.29) is 23.9 Å². The van der Waals surface area contributed by atoms with Gasteiger partial charge in [-0.15, -0.1) is 11.8 Å². The summed E-state index contributed by atoms with van der Waals surface area (Å²) in [6, 6.07) is 11.4. The number of carbonyl (C=O) groups is 1. The van der Waals surface area contributed by atoms with Gasteiger partial charge in [-0.05, 0) is 48.7 Å². The van der Waals surface area contributed by atoms with Gasteiger partial charge in [-0.2, -0.15) is 23.3 Å². The number of ether oxygens (including phenoxy) is 1. The minimum atomic E-state index is -4.52. The summed E-state index contributed by atoms with van der Waals surface area (Å²) >= 11 is 1.26. The first-order chi connectivity index (χ1) is 16.7. The predicted octanol–water partition coefficient (Wildman–Crippen LogP) is 4.57. The fourth-order valence-corrected chi connectivity index (χ4v) is 3.78. The maximum absolute atomic E-state index is 12.9. The van der Waals surface area contributed by atoms with Crippen molar-refractivity contribution < 1.29 is 27.2 Å². The summed E-state index contributed by atoms with van der Waals surface area (Å²) in [4.78, 5) is 16.9. The molecule has 2 aromatic heterocycles. The molecule has 182 valence electrons. The minimum absolute atomic E-state index is 0.00176. The maximum atomic E-state index is 12.9. The largest absolute Gasteiger partial charge is 0.497 e. The van der Waals surface area contributed by atoms with Gasteiger partial charge in [-0.1, -0.05) is 11.2 Å². The molecule has 0 spiro atoms. The van der Waals surface area contributed by atoms with Gasteiger partial charge in [0.2, 0.25) is 11.7 Å². The van der Waals surface area contributed by atoms with E-state index >= 15 is 0 Å². The average molecular weight is 504 g/mol. The van der Waals surface area contributed by atoms with E-state index < -0.39 is 17.6 Å². The third-order valence-corrected chi connectivity index (χ3v) is 5.58. The second-order valence-electron chi connectivity index (χ2n) is 7.21. The second kappa shape index (κ2) is 9.70. The minimum Gasteiger partial charge on any atom is -0.497 e. The topological polar surface area (TPSA) is 121 Å². The summed E-state index contributed by atoms with van der Waals surface area (Å²) in [5, 5.41) is 11.2. The summed E-state index contributed by atoms with van der Waals surface area (Å²) in [5.41, 5.74) is 6.42. The van der Waals surface area contributed by atoms with Crippen LogP contribution in [0.15, 0.2) is 58.1 Å². The van der Waals surface area contributed by atoms with E-state index in [0.29, 0.717) is 27.7 Å². The number of nitrogens with one attached hydrogen (secondary N) is 1. The molecule has 0 saturated carbocycles. The highest BCUT2D eigenvalue weighted by molar-refractivity contribution is 7.98. The quantitative estimate of drug-likeness (QED) is 0.351. The number of hydrogen-bond donors (Lipinski definition) is 2. The van der Waals surface area contributed by atoms with Crippen LogP contribution in [0.5, 0.6) is 5.75 Å². The van der Waals surface area contributed by atoms with Gasteiger partial charge in [0.25, 0.3) is 5.89 Å². The Balaban J connectivity index is 1.55. The van der Waals surface area contributed by atoms with E-state index in [9.17, 15) is 18.0 Å². The zero-order chi connectivity index (χ0) is 25.2. The van der Waals surface area contributed by atoms with Crippen LogP contribution in [0, 0.1) is 0 Å². The molecule has 0 radical (unpaired) electrons. The van der Waals surface area contributed by atoms with Gasteiger partial charge in [0, 0.05) is 11.3 Å². The van der Waals surface area contributed by atoms with Crippen LogP contribution in [0.25, 0.3) is 22.8 Å². The number of benzene rings is 2. The number of rotatable bonds is 7. The Labute approximate surface area is 201 Å². The van der Waals surface area contributed by atoms with E-state index in [4.69, 9.17) is 15.0 Å². The summed E-state index contributed by atoms with van der Waals surface area (Å²) in [6.45, 7) is -0.338. The van der Waals surface area contributed by atoms with Gasteiger partial charge < -0.3 is 20.3 Å². The molecule has 4 rings (SSSR count). The smallest absolute Gasteiger partial charge is 0.416 e. The number of nitrogen functional groups attached to an aromatic ring is 1. The van der Waals surface area contributed by atoms with Crippen molar-refractivity contribution in [2.24, 2.45) is 0 Å². The third kappa shape index (κ3) is 5.24. The second-order valence-corrected chi connectivity index (χ2v) is 8.00. The molecule has 2 aromatic carbocycles. The molecule has 0 fully saturated rings. The maximum Gasteiger partial charge on any atom is 0.416 e. The lowest BCUT2D eigenvalue weighted by molar-refractivity contribution is -0.137. The van der Waals surface area contributed by atoms with Gasteiger partial charge in [-0.25, -0.2) is 4.68 Å². The molecular weight excluding hydrogens is 485 g/mol. The number of thioether (sulfide) groups is 1. The first-order valence-corrected chi connectivity index (χ1v) is 11.3. The number of aromatic nitrogens is 4. The number of carbonyl (C=O) groups excluding carboxylic acids is 1. The number of alkyl halides is 3. The molecule has 3 N–H and O–H groups in total. The lowest BCUT2D eigenvalue weighted by Crippen LogP contribution is -2.21. The molecule has 0 aliphatic rings. The van der Waals surface area contributed by atoms with E-state index in [0.717, 1.165) is 12.1 Å². The molecule has 0 bridgehead atoms. The number of nitrogens with zero attached hydrogens (tertiary/aromatic N) is 4. The molecule has 1 amide bonds. The van der Waals surface area contributed by atoms with Gasteiger partial charge in [0.1, 0.15) is 28.7 Å². The zero-order valence-corrected chi connectivity index (χ0v) is 19.3. The highest BCUT2D eigenvalue weighted by atomic mass is 32.2. The Hall–Kier alpha value is -4.00. The fourth-order valence-electron chi connectivity index (χ4n) is 3.21. The van der Waals surface area contributed by atoms with Crippen LogP contribution in [-0.2, 0) is 17.5 Å². The van der Waals surface area contributed by atoms with Crippen LogP contribution in [-0.4, -0.2) is 39.2 Å². The molecular formula is C22H19F3N6O3S. The summed E-state index contributed by atoms with van der Waals surface area (Å²) in [7, 11) is 1.56. The molecule has 2 heterocycles. The van der Waals surface area contributed by atoms with Gasteiger partial charge in [-0.3, -0.25) is 4.79 Å². The molecule has 0 atom stereocenters. The molecule has 0 saturated heterocycles. The van der Waals surface area contributed by atoms with Crippen molar-refractivity contribution in [3.8, 4) is 28.6 Å². The van der Waals surface area contributed by atoms with Crippen molar-refractivity contribution in [2.75, 3.05) is 24.4 Å². The Morgan fingerprint density at radius 2 is 1.97 bits per heavy atom. The Morgan fingerprint density at radius 1 is 1.23 bits per heavy atom. The first-order valence-electron chi connectivity index (χ1n) is 10.1. The number of nitrogens with two attached hydrogens (primary N) is 1. The number of anilines is 2. The zero-order valence-electron chi connectivity index (χ0n) is 18.5. The standard InChI is InChI=1S/C22H19F3N6O3S/c1-33-15-8-6-12(7-9-15)19-28-20(34-30-19)17-18(26)31(29-21(17)35-2)11-16(32)27-14-5-3-4-13(10-14)22(23,24)25/h3-10H,11,26H2,1-2H3,(H,27,32). The SMILES string of the molecule is COc1ccc(-c2noc(-c3c(SC)nn(CC(=O)Nc4cccc(C(F)(F)F)c4)c3N)n2)cc1. The van der Waals surface area contributed by atoms with Crippen molar-refractivity contribution in [2.45, 2.75) is 17.7 Å². The van der Waals surface area contributed by atoms with Gasteiger partial charge in [0.15, 0.2) is 0 Å². The number of amides is 1. The summed E-state index contributed by atoms with van der Waals surface area (Å²) in [6.07, 6.45) is -2.76. The van der Waals surface area contributed by atoms with Crippen LogP contribution in [0.3, 0.4) is 0 Å². The van der Waals surface area contributed by atoms with Crippen molar-refractivity contribution in [1.29, 1.82) is 0 Å². The van der Waals surface area contributed by atoms with E-state index in [1.54, 1.807) is 37.6 Å². The lowest BCUT2D eigenvalue weighted by Gasteiger charge is -2.10.